The molecule has 5 nitrogen and oxygen atoms in total. The number of benzene rings is 1. The van der Waals surface area contributed by atoms with Gasteiger partial charge in [-0.15, -0.1) is 22.7 Å². The second-order valence-electron chi connectivity index (χ2n) is 5.90. The normalized spacial score (nSPS) is 10.7. The molecule has 0 aliphatic rings. The number of carbonyl (C=O) groups excluding carboxylic acids is 1. The van der Waals surface area contributed by atoms with Crippen LogP contribution in [0.1, 0.15) is 27.2 Å². The van der Waals surface area contributed by atoms with Gasteiger partial charge in [0.05, 0.1) is 26.5 Å². The Labute approximate surface area is 167 Å². The molecule has 2 heterocycles. The Balaban J connectivity index is 1.88. The molecule has 0 fully saturated rings. The van der Waals surface area contributed by atoms with E-state index in [1.54, 1.807) is 25.6 Å². The molecule has 0 atom stereocenters. The quantitative estimate of drug-likeness (QED) is 0.566. The molecular weight excluding hydrogens is 380 g/mol. The van der Waals surface area contributed by atoms with Crippen LogP contribution in [0.3, 0.4) is 0 Å². The molecule has 0 unspecified atom stereocenters. The van der Waals surface area contributed by atoms with Gasteiger partial charge in [0.25, 0.3) is 5.91 Å². The van der Waals surface area contributed by atoms with Crippen LogP contribution >= 0.6 is 22.7 Å². The molecule has 1 aromatic carbocycles. The van der Waals surface area contributed by atoms with E-state index in [-0.39, 0.29) is 5.91 Å². The number of hydrogen-bond acceptors (Lipinski definition) is 6. The fourth-order valence-electron chi connectivity index (χ4n) is 2.75. The number of hydrogen-bond donors (Lipinski definition) is 0. The predicted octanol–water partition coefficient (Wildman–Crippen LogP) is 4.86. The molecule has 2 aromatic heterocycles. The molecule has 27 heavy (non-hydrogen) atoms. The molecule has 0 aliphatic carbocycles. The van der Waals surface area contributed by atoms with Crippen molar-refractivity contribution in [2.75, 3.05) is 20.8 Å². The van der Waals surface area contributed by atoms with Crippen LogP contribution in [0.2, 0.25) is 0 Å². The van der Waals surface area contributed by atoms with E-state index >= 15 is 0 Å². The van der Waals surface area contributed by atoms with Gasteiger partial charge in [0, 0.05) is 17.0 Å². The minimum Gasteiger partial charge on any atom is -0.493 e. The molecule has 0 saturated carbocycles. The number of thiophene rings is 1. The lowest BCUT2D eigenvalue weighted by molar-refractivity contribution is 0.0758. The first-order chi connectivity index (χ1) is 13.1. The van der Waals surface area contributed by atoms with E-state index in [2.05, 4.69) is 11.1 Å². The van der Waals surface area contributed by atoms with Crippen molar-refractivity contribution < 1.29 is 14.3 Å². The van der Waals surface area contributed by atoms with Crippen LogP contribution in [0, 0.1) is 6.92 Å². The van der Waals surface area contributed by atoms with Gasteiger partial charge < -0.3 is 14.4 Å². The minimum absolute atomic E-state index is 0.0210. The van der Waals surface area contributed by atoms with Crippen molar-refractivity contribution in [2.45, 2.75) is 20.4 Å². The highest BCUT2D eigenvalue weighted by molar-refractivity contribution is 7.17. The summed E-state index contributed by atoms with van der Waals surface area (Å²) in [6, 6.07) is 9.72. The highest BCUT2D eigenvalue weighted by atomic mass is 32.1. The molecule has 0 aliphatic heterocycles. The first kappa shape index (κ1) is 19.4. The van der Waals surface area contributed by atoms with Gasteiger partial charge in [-0.3, -0.25) is 4.79 Å². The molecule has 3 rings (SSSR count). The number of aryl methyl sites for hydroxylation is 1. The maximum atomic E-state index is 13.0. The lowest BCUT2D eigenvalue weighted by Gasteiger charge is -2.19. The Bertz CT molecular complexity index is 919. The van der Waals surface area contributed by atoms with Crippen molar-refractivity contribution in [2.24, 2.45) is 0 Å². The maximum absolute atomic E-state index is 13.0. The number of ether oxygens (including phenoxy) is 2. The van der Waals surface area contributed by atoms with E-state index < -0.39 is 0 Å². The van der Waals surface area contributed by atoms with Crippen LogP contribution in [0.15, 0.2) is 35.7 Å². The Morgan fingerprint density at radius 3 is 2.59 bits per heavy atom. The second-order valence-corrected chi connectivity index (χ2v) is 7.93. The first-order valence-electron chi connectivity index (χ1n) is 8.58. The molecule has 142 valence electrons. The molecule has 7 heteroatoms. The van der Waals surface area contributed by atoms with Crippen LogP contribution in [-0.4, -0.2) is 36.6 Å². The van der Waals surface area contributed by atoms with Gasteiger partial charge in [-0.1, -0.05) is 6.07 Å². The van der Waals surface area contributed by atoms with Crippen LogP contribution in [0.5, 0.6) is 11.5 Å². The van der Waals surface area contributed by atoms with E-state index in [4.69, 9.17) is 9.47 Å². The summed E-state index contributed by atoms with van der Waals surface area (Å²) in [4.78, 5) is 21.4. The van der Waals surface area contributed by atoms with Crippen molar-refractivity contribution in [3.05, 3.63) is 51.2 Å². The third-order valence-corrected chi connectivity index (χ3v) is 6.27. The van der Waals surface area contributed by atoms with Gasteiger partial charge in [0.2, 0.25) is 0 Å². The van der Waals surface area contributed by atoms with Crippen LogP contribution < -0.4 is 9.47 Å². The number of aromatic nitrogens is 1. The number of rotatable bonds is 7. The van der Waals surface area contributed by atoms with Crippen LogP contribution in [0.25, 0.3) is 10.6 Å². The van der Waals surface area contributed by atoms with Gasteiger partial charge in [-0.2, -0.15) is 0 Å². The third-order valence-electron chi connectivity index (χ3n) is 4.22. The summed E-state index contributed by atoms with van der Waals surface area (Å²) in [5.74, 6) is 1.33. The summed E-state index contributed by atoms with van der Waals surface area (Å²) >= 11 is 3.08. The number of nitrogens with zero attached hydrogens (tertiary/aromatic N) is 2. The van der Waals surface area contributed by atoms with Gasteiger partial charge in [-0.25, -0.2) is 4.98 Å². The summed E-state index contributed by atoms with van der Waals surface area (Å²) in [6.07, 6.45) is 0. The van der Waals surface area contributed by atoms with Crippen LogP contribution in [-0.2, 0) is 6.54 Å². The Kier molecular flexibility index (Phi) is 6.13. The van der Waals surface area contributed by atoms with E-state index in [0.29, 0.717) is 29.5 Å². The molecule has 1 amide bonds. The monoisotopic (exact) mass is 402 g/mol. The van der Waals surface area contributed by atoms with Gasteiger partial charge in [0.15, 0.2) is 11.5 Å². The zero-order chi connectivity index (χ0) is 19.4. The SMILES string of the molecule is CCN(Cc1cccs1)C(=O)c1sc(-c2ccc(OC)c(OC)c2)nc1C. The van der Waals surface area contributed by atoms with Crippen LogP contribution in [0.4, 0.5) is 0 Å². The third kappa shape index (κ3) is 4.14. The Hall–Kier alpha value is -2.38. The van der Waals surface area contributed by atoms with Crippen molar-refractivity contribution in [1.29, 1.82) is 0 Å². The predicted molar refractivity (Wildman–Crippen MR) is 110 cm³/mol. The smallest absolute Gasteiger partial charge is 0.266 e. The summed E-state index contributed by atoms with van der Waals surface area (Å²) < 4.78 is 10.7. The van der Waals surface area contributed by atoms with Gasteiger partial charge >= 0.3 is 0 Å². The Morgan fingerprint density at radius 1 is 1.19 bits per heavy atom. The molecule has 0 N–H and O–H groups in total. The topological polar surface area (TPSA) is 51.7 Å². The van der Waals surface area contributed by atoms with Crippen molar-refractivity contribution in [3.8, 4) is 22.1 Å². The molecule has 0 saturated heterocycles. The van der Waals surface area contributed by atoms with Crippen molar-refractivity contribution in [3.63, 3.8) is 0 Å². The standard InChI is InChI=1S/C20H22N2O3S2/c1-5-22(12-15-7-6-10-26-15)20(23)18-13(2)21-19(27-18)14-8-9-16(24-3)17(11-14)25-4/h6-11H,5,12H2,1-4H3. The summed E-state index contributed by atoms with van der Waals surface area (Å²) in [6.45, 7) is 5.15. The van der Waals surface area contributed by atoms with Gasteiger partial charge in [-0.05, 0) is 43.5 Å². The zero-order valence-electron chi connectivity index (χ0n) is 15.8. The summed E-state index contributed by atoms with van der Waals surface area (Å²) in [5.41, 5.74) is 1.65. The number of methoxy groups -OCH3 is 2. The maximum Gasteiger partial charge on any atom is 0.266 e. The highest BCUT2D eigenvalue weighted by Gasteiger charge is 2.22. The van der Waals surface area contributed by atoms with E-state index in [9.17, 15) is 4.79 Å². The van der Waals surface area contributed by atoms with E-state index in [0.717, 1.165) is 16.3 Å². The highest BCUT2D eigenvalue weighted by Crippen LogP contribution is 2.35. The fourth-order valence-corrected chi connectivity index (χ4v) is 4.50. The second kappa shape index (κ2) is 8.54. The number of carbonyl (C=O) groups is 1. The van der Waals surface area contributed by atoms with E-state index in [1.165, 1.54) is 16.2 Å². The minimum atomic E-state index is 0.0210. The van der Waals surface area contributed by atoms with E-state index in [1.807, 2.05) is 48.4 Å². The average Bonchev–Trinajstić information content (AvgIpc) is 3.34. The van der Waals surface area contributed by atoms with Crippen molar-refractivity contribution in [1.82, 2.24) is 9.88 Å². The largest absolute Gasteiger partial charge is 0.493 e. The molecule has 3 aromatic rings. The molecule has 0 spiro atoms. The lowest BCUT2D eigenvalue weighted by atomic mass is 10.2. The molecule has 0 radical (unpaired) electrons. The Morgan fingerprint density at radius 2 is 1.96 bits per heavy atom. The number of thiazole rings is 1. The molecular formula is C20H22N2O3S2. The average molecular weight is 403 g/mol. The fraction of sp³-hybridized carbons (Fsp3) is 0.300. The number of amides is 1. The summed E-state index contributed by atoms with van der Waals surface area (Å²) in [5, 5.41) is 2.82. The summed E-state index contributed by atoms with van der Waals surface area (Å²) in [7, 11) is 3.21. The van der Waals surface area contributed by atoms with Crippen molar-refractivity contribution >= 4 is 28.6 Å². The molecule has 0 bridgehead atoms. The van der Waals surface area contributed by atoms with Gasteiger partial charge in [0.1, 0.15) is 9.88 Å². The first-order valence-corrected chi connectivity index (χ1v) is 10.3. The zero-order valence-corrected chi connectivity index (χ0v) is 17.4. The lowest BCUT2D eigenvalue weighted by Crippen LogP contribution is -2.29.